The molecule has 5 rings (SSSR count). The molecule has 0 bridgehead atoms. The van der Waals surface area contributed by atoms with Crippen LogP contribution in [-0.4, -0.2) is 34.3 Å². The minimum absolute atomic E-state index is 0.0125. The van der Waals surface area contributed by atoms with Gasteiger partial charge in [-0.15, -0.1) is 0 Å². The number of aromatic nitrogens is 3. The summed E-state index contributed by atoms with van der Waals surface area (Å²) in [5.74, 6) is 0.789. The highest BCUT2D eigenvalue weighted by Gasteiger charge is 2.20. The molecule has 0 aliphatic carbocycles. The van der Waals surface area contributed by atoms with E-state index < -0.39 is 0 Å². The van der Waals surface area contributed by atoms with E-state index in [1.54, 1.807) is 18.2 Å². The number of benzene rings is 3. The van der Waals surface area contributed by atoms with Crippen molar-refractivity contribution in [1.29, 1.82) is 0 Å². The Balaban J connectivity index is 1.44. The Morgan fingerprint density at radius 1 is 1.06 bits per heavy atom. The molecule has 7 heteroatoms. The fourth-order valence-corrected chi connectivity index (χ4v) is 4.75. The summed E-state index contributed by atoms with van der Waals surface area (Å²) in [6.07, 6.45) is 3.95. The molecular weight excluding hydrogens is 420 g/mol. The van der Waals surface area contributed by atoms with Crippen LogP contribution < -0.4 is 9.64 Å². The van der Waals surface area contributed by atoms with Gasteiger partial charge in [-0.3, -0.25) is 14.4 Å². The number of carbonyl (C=O) groups excluding carboxylic acids is 1. The van der Waals surface area contributed by atoms with Crippen LogP contribution in [-0.2, 0) is 17.8 Å². The average Bonchev–Trinajstić information content (AvgIpc) is 3.48. The molecule has 0 fully saturated rings. The molecule has 6 nitrogen and oxygen atoms in total. The van der Waals surface area contributed by atoms with Gasteiger partial charge in [-0.05, 0) is 40.6 Å². The van der Waals surface area contributed by atoms with Crippen LogP contribution in [0.3, 0.4) is 0 Å². The SMILES string of the molecule is COc1ccc2nc(N(CCn3cccn3)C(=O)Cc3ccc4ccccc4c3)sc2c1. The Bertz CT molecular complexity index is 1380. The predicted octanol–water partition coefficient (Wildman–Crippen LogP) is 4.93. The Kier molecular flexibility index (Phi) is 5.56. The number of ether oxygens (including phenoxy) is 1. The van der Waals surface area contributed by atoms with Crippen LogP contribution in [0.25, 0.3) is 21.0 Å². The Hall–Kier alpha value is -3.71. The van der Waals surface area contributed by atoms with Gasteiger partial charge in [0, 0.05) is 18.9 Å². The van der Waals surface area contributed by atoms with Gasteiger partial charge in [-0.25, -0.2) is 4.98 Å². The molecule has 2 aromatic heterocycles. The number of anilines is 1. The van der Waals surface area contributed by atoms with E-state index in [1.807, 2.05) is 53.3 Å². The van der Waals surface area contributed by atoms with Gasteiger partial charge in [0.25, 0.3) is 0 Å². The number of hydrogen-bond donors (Lipinski definition) is 0. The van der Waals surface area contributed by atoms with Crippen LogP contribution in [0.2, 0.25) is 0 Å². The van der Waals surface area contributed by atoms with Crippen molar-refractivity contribution in [3.05, 3.63) is 84.7 Å². The van der Waals surface area contributed by atoms with Crippen molar-refractivity contribution in [2.24, 2.45) is 0 Å². The van der Waals surface area contributed by atoms with Gasteiger partial charge in [-0.1, -0.05) is 53.8 Å². The van der Waals surface area contributed by atoms with E-state index in [9.17, 15) is 4.79 Å². The Morgan fingerprint density at radius 2 is 1.94 bits per heavy atom. The van der Waals surface area contributed by atoms with Gasteiger partial charge in [-0.2, -0.15) is 5.10 Å². The quantitative estimate of drug-likeness (QED) is 0.359. The molecule has 32 heavy (non-hydrogen) atoms. The summed E-state index contributed by atoms with van der Waals surface area (Å²) in [6.45, 7) is 1.08. The lowest BCUT2D eigenvalue weighted by atomic mass is 10.0. The van der Waals surface area contributed by atoms with Gasteiger partial charge >= 0.3 is 0 Å². The molecule has 3 aromatic carbocycles. The highest BCUT2D eigenvalue weighted by molar-refractivity contribution is 7.22. The zero-order valence-electron chi connectivity index (χ0n) is 17.6. The lowest BCUT2D eigenvalue weighted by Gasteiger charge is -2.20. The summed E-state index contributed by atoms with van der Waals surface area (Å²) in [5.41, 5.74) is 1.84. The smallest absolute Gasteiger partial charge is 0.233 e. The third-order valence-corrected chi connectivity index (χ3v) is 6.44. The molecule has 0 aliphatic rings. The van der Waals surface area contributed by atoms with Crippen LogP contribution in [0, 0.1) is 0 Å². The molecule has 0 N–H and O–H groups in total. The van der Waals surface area contributed by atoms with Crippen LogP contribution in [0.4, 0.5) is 5.13 Å². The molecule has 2 heterocycles. The number of methoxy groups -OCH3 is 1. The molecule has 160 valence electrons. The molecule has 1 amide bonds. The first kappa shape index (κ1) is 20.2. The van der Waals surface area contributed by atoms with Crippen molar-refractivity contribution in [2.75, 3.05) is 18.6 Å². The fraction of sp³-hybridized carbons (Fsp3) is 0.160. The van der Waals surface area contributed by atoms with Crippen LogP contribution >= 0.6 is 11.3 Å². The maximum Gasteiger partial charge on any atom is 0.233 e. The van der Waals surface area contributed by atoms with E-state index in [4.69, 9.17) is 9.72 Å². The number of hydrogen-bond acceptors (Lipinski definition) is 5. The molecule has 0 saturated carbocycles. The summed E-state index contributed by atoms with van der Waals surface area (Å²) >= 11 is 1.50. The highest BCUT2D eigenvalue weighted by Crippen LogP contribution is 2.32. The second kappa shape index (κ2) is 8.80. The minimum atomic E-state index is 0.0125. The van der Waals surface area contributed by atoms with Crippen LogP contribution in [0.5, 0.6) is 5.75 Å². The maximum absolute atomic E-state index is 13.4. The number of rotatable bonds is 7. The van der Waals surface area contributed by atoms with E-state index in [0.717, 1.165) is 26.9 Å². The fourth-order valence-electron chi connectivity index (χ4n) is 3.72. The first-order valence-corrected chi connectivity index (χ1v) is 11.2. The largest absolute Gasteiger partial charge is 0.497 e. The van der Waals surface area contributed by atoms with Gasteiger partial charge in [0.15, 0.2) is 5.13 Å². The average molecular weight is 443 g/mol. The van der Waals surface area contributed by atoms with E-state index >= 15 is 0 Å². The van der Waals surface area contributed by atoms with E-state index in [-0.39, 0.29) is 5.91 Å². The Morgan fingerprint density at radius 3 is 2.75 bits per heavy atom. The number of fused-ring (bicyclic) bond motifs is 2. The summed E-state index contributed by atoms with van der Waals surface area (Å²) in [7, 11) is 1.65. The van der Waals surface area contributed by atoms with Crippen molar-refractivity contribution in [3.8, 4) is 5.75 Å². The molecule has 0 atom stereocenters. The summed E-state index contributed by atoms with van der Waals surface area (Å²) in [4.78, 5) is 20.0. The zero-order chi connectivity index (χ0) is 21.9. The maximum atomic E-state index is 13.4. The first-order valence-electron chi connectivity index (χ1n) is 10.4. The van der Waals surface area contributed by atoms with Crippen molar-refractivity contribution >= 4 is 43.4 Å². The van der Waals surface area contributed by atoms with Gasteiger partial charge < -0.3 is 4.74 Å². The number of carbonyl (C=O) groups is 1. The second-order valence-corrected chi connectivity index (χ2v) is 8.51. The third-order valence-electron chi connectivity index (χ3n) is 5.40. The standard InChI is InChI=1S/C25H22N4O2S/c1-31-21-9-10-22-23(17-21)32-25(27-22)29(14-13-28-12-4-11-26-28)24(30)16-18-7-8-19-5-2-3-6-20(19)15-18/h2-12,15,17H,13-14,16H2,1H3. The lowest BCUT2D eigenvalue weighted by molar-refractivity contribution is -0.118. The topological polar surface area (TPSA) is 60.2 Å². The molecular formula is C25H22N4O2S. The van der Waals surface area contributed by atoms with Crippen molar-refractivity contribution in [3.63, 3.8) is 0 Å². The monoisotopic (exact) mass is 442 g/mol. The van der Waals surface area contributed by atoms with Crippen LogP contribution in [0.15, 0.2) is 79.1 Å². The molecule has 0 spiro atoms. The Labute approximate surface area is 189 Å². The molecule has 0 saturated heterocycles. The number of thiazole rings is 1. The zero-order valence-corrected chi connectivity index (χ0v) is 18.5. The van der Waals surface area contributed by atoms with Gasteiger partial charge in [0.05, 0.1) is 30.3 Å². The number of nitrogens with zero attached hydrogens (tertiary/aromatic N) is 4. The normalized spacial score (nSPS) is 11.2. The molecule has 0 unspecified atom stereocenters. The van der Waals surface area contributed by atoms with E-state index in [0.29, 0.717) is 24.6 Å². The molecule has 5 aromatic rings. The van der Waals surface area contributed by atoms with E-state index in [2.05, 4.69) is 29.4 Å². The van der Waals surface area contributed by atoms with E-state index in [1.165, 1.54) is 16.7 Å². The minimum Gasteiger partial charge on any atom is -0.497 e. The summed E-state index contributed by atoms with van der Waals surface area (Å²) in [6, 6.07) is 22.0. The van der Waals surface area contributed by atoms with Crippen LogP contribution in [0.1, 0.15) is 5.56 Å². The number of amides is 1. The predicted molar refractivity (Wildman–Crippen MR) is 128 cm³/mol. The van der Waals surface area contributed by atoms with Gasteiger partial charge in [0.1, 0.15) is 5.75 Å². The first-order chi connectivity index (χ1) is 15.7. The van der Waals surface area contributed by atoms with Gasteiger partial charge in [0.2, 0.25) is 5.91 Å². The second-order valence-electron chi connectivity index (χ2n) is 7.50. The summed E-state index contributed by atoms with van der Waals surface area (Å²) < 4.78 is 8.15. The highest BCUT2D eigenvalue weighted by atomic mass is 32.1. The third kappa shape index (κ3) is 4.20. The van der Waals surface area contributed by atoms with Crippen molar-refractivity contribution < 1.29 is 9.53 Å². The van der Waals surface area contributed by atoms with Crippen molar-refractivity contribution in [2.45, 2.75) is 13.0 Å². The molecule has 0 radical (unpaired) electrons. The lowest BCUT2D eigenvalue weighted by Crippen LogP contribution is -2.35. The molecule has 0 aliphatic heterocycles. The van der Waals surface area contributed by atoms with Crippen molar-refractivity contribution in [1.82, 2.24) is 14.8 Å². The summed E-state index contributed by atoms with van der Waals surface area (Å²) in [5, 5.41) is 7.25.